The van der Waals surface area contributed by atoms with Crippen LogP contribution in [-0.4, -0.2) is 26.2 Å². The van der Waals surface area contributed by atoms with Crippen LogP contribution in [0, 0.1) is 0 Å². The van der Waals surface area contributed by atoms with Gasteiger partial charge in [-0.2, -0.15) is 0 Å². The summed E-state index contributed by atoms with van der Waals surface area (Å²) in [6, 6.07) is 11.9. The molecule has 0 saturated heterocycles. The molecule has 2 aromatic carbocycles. The lowest BCUT2D eigenvalue weighted by Crippen LogP contribution is -2.32. The van der Waals surface area contributed by atoms with Gasteiger partial charge in [0.1, 0.15) is 17.5 Å². The predicted octanol–water partition coefficient (Wildman–Crippen LogP) is 3.80. The van der Waals surface area contributed by atoms with Crippen LogP contribution >= 0.6 is 11.6 Å². The van der Waals surface area contributed by atoms with Crippen LogP contribution in [0.5, 0.6) is 11.5 Å². The Morgan fingerprint density at radius 3 is 2.57 bits per heavy atom. The van der Waals surface area contributed by atoms with Crippen molar-refractivity contribution in [3.05, 3.63) is 47.5 Å². The quantitative estimate of drug-likeness (QED) is 0.843. The molecule has 2 N–H and O–H groups in total. The summed E-state index contributed by atoms with van der Waals surface area (Å²) in [5.74, 6) is 1.11. The first kappa shape index (κ1) is 17.0. The van der Waals surface area contributed by atoms with Crippen molar-refractivity contribution in [3.63, 3.8) is 0 Å². The molecule has 122 valence electrons. The van der Waals surface area contributed by atoms with E-state index < -0.39 is 6.04 Å². The highest BCUT2D eigenvalue weighted by Gasteiger charge is 2.15. The van der Waals surface area contributed by atoms with Gasteiger partial charge in [0.2, 0.25) is 5.91 Å². The van der Waals surface area contributed by atoms with E-state index in [1.54, 1.807) is 63.6 Å². The van der Waals surface area contributed by atoms with Crippen molar-refractivity contribution in [1.82, 2.24) is 0 Å². The summed E-state index contributed by atoms with van der Waals surface area (Å²) in [4.78, 5) is 12.3. The fraction of sp³-hybridized carbons (Fsp3) is 0.235. The summed E-state index contributed by atoms with van der Waals surface area (Å²) in [7, 11) is 3.15. The van der Waals surface area contributed by atoms with Crippen molar-refractivity contribution in [2.75, 3.05) is 24.9 Å². The molecule has 0 bridgehead atoms. The predicted molar refractivity (Wildman–Crippen MR) is 92.7 cm³/mol. The van der Waals surface area contributed by atoms with Gasteiger partial charge in [0.25, 0.3) is 0 Å². The molecule has 6 heteroatoms. The van der Waals surface area contributed by atoms with E-state index in [4.69, 9.17) is 21.1 Å². The minimum absolute atomic E-state index is 0.176. The maximum Gasteiger partial charge on any atom is 0.246 e. The average Bonchev–Trinajstić information content (AvgIpc) is 2.55. The van der Waals surface area contributed by atoms with Crippen LogP contribution in [0.4, 0.5) is 11.4 Å². The van der Waals surface area contributed by atoms with Crippen molar-refractivity contribution >= 4 is 28.9 Å². The number of nitrogens with one attached hydrogen (secondary N) is 2. The van der Waals surface area contributed by atoms with Gasteiger partial charge in [-0.3, -0.25) is 4.79 Å². The minimum Gasteiger partial charge on any atom is -0.497 e. The zero-order valence-corrected chi connectivity index (χ0v) is 14.0. The van der Waals surface area contributed by atoms with Gasteiger partial charge >= 0.3 is 0 Å². The van der Waals surface area contributed by atoms with Gasteiger partial charge < -0.3 is 20.1 Å². The molecule has 0 heterocycles. The molecule has 0 aliphatic heterocycles. The molecule has 0 unspecified atom stereocenters. The van der Waals surface area contributed by atoms with E-state index in [0.29, 0.717) is 27.9 Å². The summed E-state index contributed by atoms with van der Waals surface area (Å²) in [5, 5.41) is 6.50. The molecule has 0 spiro atoms. The molecule has 0 aromatic heterocycles. The van der Waals surface area contributed by atoms with E-state index in [1.165, 1.54) is 0 Å². The second-order valence-corrected chi connectivity index (χ2v) is 5.37. The van der Waals surface area contributed by atoms with E-state index in [1.807, 2.05) is 0 Å². The van der Waals surface area contributed by atoms with Crippen LogP contribution in [0.15, 0.2) is 42.5 Å². The molecule has 0 aliphatic carbocycles. The van der Waals surface area contributed by atoms with Crippen molar-refractivity contribution in [2.24, 2.45) is 0 Å². The third kappa shape index (κ3) is 4.53. The zero-order chi connectivity index (χ0) is 16.8. The maximum absolute atomic E-state index is 12.3. The van der Waals surface area contributed by atoms with E-state index >= 15 is 0 Å². The third-order valence-electron chi connectivity index (χ3n) is 3.27. The standard InChI is InChI=1S/C17H19ClN2O3/c1-11(17(21)20-13-6-4-5-12(18)9-13)19-15-8-7-14(22-2)10-16(15)23-3/h4-11,19H,1-3H3,(H,20,21)/t11-/m1/s1. The fourth-order valence-corrected chi connectivity index (χ4v) is 2.22. The van der Waals surface area contributed by atoms with Crippen LogP contribution in [0.3, 0.4) is 0 Å². The van der Waals surface area contributed by atoms with Gasteiger partial charge in [-0.1, -0.05) is 17.7 Å². The number of methoxy groups -OCH3 is 2. The number of benzene rings is 2. The number of hydrogen-bond acceptors (Lipinski definition) is 4. The Morgan fingerprint density at radius 1 is 1.13 bits per heavy atom. The van der Waals surface area contributed by atoms with Crippen molar-refractivity contribution in [1.29, 1.82) is 0 Å². The lowest BCUT2D eigenvalue weighted by Gasteiger charge is -2.18. The monoisotopic (exact) mass is 334 g/mol. The Morgan fingerprint density at radius 2 is 1.91 bits per heavy atom. The van der Waals surface area contributed by atoms with E-state index in [2.05, 4.69) is 10.6 Å². The van der Waals surface area contributed by atoms with Gasteiger partial charge in [-0.05, 0) is 37.3 Å². The fourth-order valence-electron chi connectivity index (χ4n) is 2.03. The first-order valence-corrected chi connectivity index (χ1v) is 7.46. The zero-order valence-electron chi connectivity index (χ0n) is 13.2. The Balaban J connectivity index is 2.06. The molecule has 23 heavy (non-hydrogen) atoms. The van der Waals surface area contributed by atoms with Crippen LogP contribution in [0.25, 0.3) is 0 Å². The number of carbonyl (C=O) groups is 1. The normalized spacial score (nSPS) is 11.5. The Labute approximate surface area is 140 Å². The minimum atomic E-state index is -0.462. The Kier molecular flexibility index (Phi) is 5.71. The van der Waals surface area contributed by atoms with E-state index in [0.717, 1.165) is 0 Å². The number of ether oxygens (including phenoxy) is 2. The molecular weight excluding hydrogens is 316 g/mol. The Bertz CT molecular complexity index is 691. The summed E-state index contributed by atoms with van der Waals surface area (Å²) in [6.07, 6.45) is 0. The summed E-state index contributed by atoms with van der Waals surface area (Å²) >= 11 is 5.91. The number of hydrogen-bond donors (Lipinski definition) is 2. The van der Waals surface area contributed by atoms with Crippen LogP contribution in [-0.2, 0) is 4.79 Å². The van der Waals surface area contributed by atoms with Gasteiger partial charge in [0, 0.05) is 16.8 Å². The molecule has 0 fully saturated rings. The van der Waals surface area contributed by atoms with Crippen LogP contribution in [0.2, 0.25) is 5.02 Å². The first-order valence-electron chi connectivity index (χ1n) is 7.08. The molecule has 2 rings (SSSR count). The van der Waals surface area contributed by atoms with E-state index in [-0.39, 0.29) is 5.91 Å². The van der Waals surface area contributed by atoms with Crippen LogP contribution in [0.1, 0.15) is 6.92 Å². The number of halogens is 1. The van der Waals surface area contributed by atoms with Gasteiger partial charge in [-0.25, -0.2) is 0 Å². The third-order valence-corrected chi connectivity index (χ3v) is 3.50. The molecule has 1 atom stereocenters. The van der Waals surface area contributed by atoms with Crippen molar-refractivity contribution in [2.45, 2.75) is 13.0 Å². The smallest absolute Gasteiger partial charge is 0.246 e. The molecule has 0 saturated carbocycles. The highest BCUT2D eigenvalue weighted by atomic mass is 35.5. The lowest BCUT2D eigenvalue weighted by atomic mass is 10.2. The molecular formula is C17H19ClN2O3. The highest BCUT2D eigenvalue weighted by Crippen LogP contribution is 2.29. The molecule has 0 aliphatic rings. The lowest BCUT2D eigenvalue weighted by molar-refractivity contribution is -0.116. The van der Waals surface area contributed by atoms with Crippen molar-refractivity contribution < 1.29 is 14.3 Å². The average molecular weight is 335 g/mol. The molecule has 5 nitrogen and oxygen atoms in total. The highest BCUT2D eigenvalue weighted by molar-refractivity contribution is 6.30. The molecule has 1 amide bonds. The SMILES string of the molecule is COc1ccc(N[C@H](C)C(=O)Nc2cccc(Cl)c2)c(OC)c1. The molecule has 2 aromatic rings. The number of carbonyl (C=O) groups excluding carboxylic acids is 1. The molecule has 0 radical (unpaired) electrons. The van der Waals surface area contributed by atoms with Gasteiger partial charge in [0.05, 0.1) is 19.9 Å². The summed E-state index contributed by atoms with van der Waals surface area (Å²) in [6.45, 7) is 1.77. The number of amides is 1. The van der Waals surface area contributed by atoms with Crippen molar-refractivity contribution in [3.8, 4) is 11.5 Å². The first-order chi connectivity index (χ1) is 11.0. The van der Waals surface area contributed by atoms with Crippen LogP contribution < -0.4 is 20.1 Å². The number of anilines is 2. The Hall–Kier alpha value is -2.40. The summed E-state index contributed by atoms with van der Waals surface area (Å²) < 4.78 is 10.5. The summed E-state index contributed by atoms with van der Waals surface area (Å²) in [5.41, 5.74) is 1.36. The topological polar surface area (TPSA) is 59.6 Å². The van der Waals surface area contributed by atoms with E-state index in [9.17, 15) is 4.79 Å². The second kappa shape index (κ2) is 7.74. The maximum atomic E-state index is 12.3. The largest absolute Gasteiger partial charge is 0.497 e. The van der Waals surface area contributed by atoms with Gasteiger partial charge in [-0.15, -0.1) is 0 Å². The second-order valence-electron chi connectivity index (χ2n) is 4.93. The van der Waals surface area contributed by atoms with Gasteiger partial charge in [0.15, 0.2) is 0 Å². The number of rotatable bonds is 6.